The lowest BCUT2D eigenvalue weighted by molar-refractivity contribution is -0.439. The van der Waals surface area contributed by atoms with E-state index in [1.165, 1.54) is 57.9 Å². The molecule has 0 atom stereocenters. The van der Waals surface area contributed by atoms with Crippen LogP contribution < -0.4 is 4.90 Å². The highest BCUT2D eigenvalue weighted by atomic mass is 35.5. The molecular weight excluding hydrogens is 532 g/mol. The number of anilines is 1. The highest BCUT2D eigenvalue weighted by Gasteiger charge is 2.44. The van der Waals surface area contributed by atoms with E-state index in [1.54, 1.807) is 0 Å². The van der Waals surface area contributed by atoms with Crippen LogP contribution in [-0.4, -0.2) is 23.4 Å². The van der Waals surface area contributed by atoms with Gasteiger partial charge in [-0.3, -0.25) is 0 Å². The van der Waals surface area contributed by atoms with Crippen molar-refractivity contribution in [3.05, 3.63) is 106 Å². The summed E-state index contributed by atoms with van der Waals surface area (Å²) in [7, 11) is 0. The molecule has 0 saturated carbocycles. The molecule has 5 rings (SSSR count). The van der Waals surface area contributed by atoms with Crippen molar-refractivity contribution < 1.29 is 4.58 Å². The molecule has 0 N–H and O–H groups in total. The van der Waals surface area contributed by atoms with Crippen molar-refractivity contribution in [2.45, 2.75) is 91.9 Å². The number of rotatable bonds is 9. The van der Waals surface area contributed by atoms with Gasteiger partial charge in [0, 0.05) is 52.5 Å². The maximum Gasteiger partial charge on any atom is 0.209 e. The standard InChI is InChI=1S/C39H50ClN2/c1-27(2)23-25-41-33-15-11-9-13-31(33)38(5,6)35(41)21-19-29-17-18-30(37(29)40)20-22-36-39(7,8)32-14-10-12-16-34(32)42(36)26-24-28(3)4/h9-16,19-22,27-28H,17-18,23-26H2,1-8H3/q+1. The molecule has 0 unspecified atom stereocenters. The second-order valence-electron chi connectivity index (χ2n) is 14.3. The quantitative estimate of drug-likeness (QED) is 0.267. The molecule has 0 radical (unpaired) electrons. The molecule has 2 aromatic carbocycles. The maximum atomic E-state index is 7.11. The second kappa shape index (κ2) is 12.0. The summed E-state index contributed by atoms with van der Waals surface area (Å²) in [5, 5.41) is 0.924. The van der Waals surface area contributed by atoms with E-state index in [-0.39, 0.29) is 10.8 Å². The number of hydrogen-bond acceptors (Lipinski definition) is 1. The number of halogens is 1. The van der Waals surface area contributed by atoms with Crippen LogP contribution in [-0.2, 0) is 10.8 Å². The van der Waals surface area contributed by atoms with Crippen LogP contribution in [0.4, 0.5) is 11.4 Å². The van der Waals surface area contributed by atoms with Gasteiger partial charge in [-0.25, -0.2) is 0 Å². The number of allylic oxidation sites excluding steroid dienone is 8. The average molecular weight is 582 g/mol. The maximum absolute atomic E-state index is 7.11. The Morgan fingerprint density at radius 3 is 2.19 bits per heavy atom. The summed E-state index contributed by atoms with van der Waals surface area (Å²) in [6.07, 6.45) is 13.6. The van der Waals surface area contributed by atoms with Crippen LogP contribution in [0.5, 0.6) is 0 Å². The van der Waals surface area contributed by atoms with Crippen LogP contribution in [0.3, 0.4) is 0 Å². The number of fused-ring (bicyclic) bond motifs is 2. The Morgan fingerprint density at radius 2 is 1.48 bits per heavy atom. The molecule has 2 aromatic rings. The van der Waals surface area contributed by atoms with Crippen molar-refractivity contribution >= 4 is 28.7 Å². The van der Waals surface area contributed by atoms with Gasteiger partial charge < -0.3 is 4.90 Å². The van der Waals surface area contributed by atoms with Gasteiger partial charge in [0.2, 0.25) is 5.69 Å². The molecule has 3 aliphatic rings. The Balaban J connectivity index is 1.45. The smallest absolute Gasteiger partial charge is 0.209 e. The predicted octanol–water partition coefficient (Wildman–Crippen LogP) is 10.6. The van der Waals surface area contributed by atoms with Gasteiger partial charge in [-0.2, -0.15) is 4.58 Å². The summed E-state index contributed by atoms with van der Waals surface area (Å²) < 4.78 is 2.54. The summed E-state index contributed by atoms with van der Waals surface area (Å²) >= 11 is 7.11. The molecule has 0 amide bonds. The minimum Gasteiger partial charge on any atom is -0.344 e. The molecule has 0 spiro atoms. The molecule has 0 fully saturated rings. The Morgan fingerprint density at radius 1 is 0.810 bits per heavy atom. The van der Waals surface area contributed by atoms with Gasteiger partial charge in [0.1, 0.15) is 6.54 Å². The Kier molecular flexibility index (Phi) is 8.77. The SMILES string of the molecule is CC(C)CCN1/C(=C/C=C2\CCC(/C=C/C3=[N+](CCC(C)C)c4ccccc4C3(C)C)=C2Cl)C(C)(C)c2ccccc21. The molecule has 2 nitrogen and oxygen atoms in total. The van der Waals surface area contributed by atoms with E-state index >= 15 is 0 Å². The van der Waals surface area contributed by atoms with Gasteiger partial charge >= 0.3 is 0 Å². The van der Waals surface area contributed by atoms with Crippen LogP contribution in [0, 0.1) is 11.8 Å². The van der Waals surface area contributed by atoms with Crippen LogP contribution in [0.15, 0.2) is 94.7 Å². The number of benzene rings is 2. The summed E-state index contributed by atoms with van der Waals surface area (Å²) in [4.78, 5) is 2.54. The van der Waals surface area contributed by atoms with Gasteiger partial charge in [-0.15, -0.1) is 0 Å². The third kappa shape index (κ3) is 5.72. The van der Waals surface area contributed by atoms with Gasteiger partial charge in [0.15, 0.2) is 5.71 Å². The Hall–Kier alpha value is -2.84. The Bertz CT molecular complexity index is 1490. The lowest BCUT2D eigenvalue weighted by Crippen LogP contribution is -2.28. The molecular formula is C39H50ClN2+. The minimum atomic E-state index is -0.0404. The second-order valence-corrected chi connectivity index (χ2v) is 14.6. The van der Waals surface area contributed by atoms with Gasteiger partial charge in [-0.1, -0.05) is 102 Å². The first-order valence-corrected chi connectivity index (χ1v) is 16.4. The molecule has 0 saturated heterocycles. The zero-order valence-electron chi connectivity index (χ0n) is 27.1. The fraction of sp³-hybridized carbons (Fsp3) is 0.462. The molecule has 1 aliphatic carbocycles. The number of para-hydroxylation sites is 2. The summed E-state index contributed by atoms with van der Waals surface area (Å²) in [6, 6.07) is 17.8. The molecule has 222 valence electrons. The monoisotopic (exact) mass is 581 g/mol. The number of hydrogen-bond donors (Lipinski definition) is 0. The van der Waals surface area contributed by atoms with Crippen LogP contribution in [0.1, 0.15) is 92.2 Å². The molecule has 0 aromatic heterocycles. The largest absolute Gasteiger partial charge is 0.344 e. The fourth-order valence-electron chi connectivity index (χ4n) is 6.91. The Labute approximate surface area is 260 Å². The lowest BCUT2D eigenvalue weighted by atomic mass is 9.81. The van der Waals surface area contributed by atoms with Crippen molar-refractivity contribution in [3.8, 4) is 0 Å². The topological polar surface area (TPSA) is 6.25 Å². The van der Waals surface area contributed by atoms with E-state index in [0.29, 0.717) is 11.8 Å². The summed E-state index contributed by atoms with van der Waals surface area (Å²) in [6.45, 7) is 20.7. The van der Waals surface area contributed by atoms with E-state index in [2.05, 4.69) is 138 Å². The lowest BCUT2D eigenvalue weighted by Gasteiger charge is -2.27. The van der Waals surface area contributed by atoms with E-state index in [0.717, 1.165) is 31.0 Å². The van der Waals surface area contributed by atoms with Crippen molar-refractivity contribution in [3.63, 3.8) is 0 Å². The minimum absolute atomic E-state index is 0.0404. The van der Waals surface area contributed by atoms with Crippen molar-refractivity contribution in [2.75, 3.05) is 18.0 Å². The van der Waals surface area contributed by atoms with Crippen molar-refractivity contribution in [1.29, 1.82) is 0 Å². The third-order valence-electron chi connectivity index (χ3n) is 9.57. The van der Waals surface area contributed by atoms with Crippen molar-refractivity contribution in [1.82, 2.24) is 0 Å². The third-order valence-corrected chi connectivity index (χ3v) is 10.1. The van der Waals surface area contributed by atoms with E-state index in [1.807, 2.05) is 0 Å². The first-order chi connectivity index (χ1) is 19.9. The molecule has 2 aliphatic heterocycles. The molecule has 0 bridgehead atoms. The molecule has 42 heavy (non-hydrogen) atoms. The number of nitrogens with zero attached hydrogens (tertiary/aromatic N) is 2. The van der Waals surface area contributed by atoms with Crippen molar-refractivity contribution in [2.24, 2.45) is 11.8 Å². The zero-order chi connectivity index (χ0) is 30.2. The van der Waals surface area contributed by atoms with Crippen LogP contribution in [0.25, 0.3) is 0 Å². The average Bonchev–Trinajstić information content (AvgIpc) is 3.48. The van der Waals surface area contributed by atoms with E-state index in [4.69, 9.17) is 11.6 Å². The first-order valence-electron chi connectivity index (χ1n) is 16.0. The molecule has 2 heterocycles. The van der Waals surface area contributed by atoms with Gasteiger partial charge in [-0.05, 0) is 73.8 Å². The summed E-state index contributed by atoms with van der Waals surface area (Å²) in [5.74, 6) is 1.33. The van der Waals surface area contributed by atoms with Crippen LogP contribution >= 0.6 is 11.6 Å². The van der Waals surface area contributed by atoms with Crippen LogP contribution in [0.2, 0.25) is 0 Å². The predicted molar refractivity (Wildman–Crippen MR) is 182 cm³/mol. The van der Waals surface area contributed by atoms with Gasteiger partial charge in [0.25, 0.3) is 0 Å². The zero-order valence-corrected chi connectivity index (χ0v) is 27.9. The van der Waals surface area contributed by atoms with E-state index < -0.39 is 0 Å². The van der Waals surface area contributed by atoms with Gasteiger partial charge in [0.05, 0.1) is 5.41 Å². The normalized spacial score (nSPS) is 21.3. The highest BCUT2D eigenvalue weighted by molar-refractivity contribution is 6.33. The fourth-order valence-corrected chi connectivity index (χ4v) is 7.22. The highest BCUT2D eigenvalue weighted by Crippen LogP contribution is 2.48. The molecule has 3 heteroatoms. The van der Waals surface area contributed by atoms with E-state index in [9.17, 15) is 0 Å². The first kappa shape index (κ1) is 30.6. The summed E-state index contributed by atoms with van der Waals surface area (Å²) in [5.41, 5.74) is 10.7.